The van der Waals surface area contributed by atoms with Gasteiger partial charge in [-0.2, -0.15) is 0 Å². The second-order valence-electron chi connectivity index (χ2n) is 9.13. The van der Waals surface area contributed by atoms with Crippen LogP contribution in [0.15, 0.2) is 23.8 Å². The molecule has 0 aromatic heterocycles. The summed E-state index contributed by atoms with van der Waals surface area (Å²) < 4.78 is 27.4. The molecule has 3 rings (SSSR count). The van der Waals surface area contributed by atoms with Gasteiger partial charge in [-0.15, -0.1) is 11.6 Å². The molecule has 0 aromatic rings. The Labute approximate surface area is 202 Å². The Hall–Kier alpha value is -2.43. The first-order valence-electron chi connectivity index (χ1n) is 10.8. The lowest BCUT2D eigenvalue weighted by molar-refractivity contribution is -0.184. The summed E-state index contributed by atoms with van der Waals surface area (Å²) in [6.07, 6.45) is -2.12. The van der Waals surface area contributed by atoms with Gasteiger partial charge in [-0.25, -0.2) is 14.4 Å². The smallest absolute Gasteiger partial charge is 0.339 e. The number of carbonyl (C=O) groups excluding carboxylic acids is 4. The van der Waals surface area contributed by atoms with Crippen molar-refractivity contribution in [2.24, 2.45) is 5.92 Å². The van der Waals surface area contributed by atoms with Gasteiger partial charge in [0, 0.05) is 12.5 Å². The topological polar surface area (TPSA) is 138 Å². The molecule has 0 spiro atoms. The third kappa shape index (κ3) is 4.71. The Morgan fingerprint density at radius 2 is 2.00 bits per heavy atom. The number of hydrogen-bond acceptors (Lipinski definition) is 10. The van der Waals surface area contributed by atoms with E-state index in [1.807, 2.05) is 6.92 Å². The minimum absolute atomic E-state index is 0.0545. The molecule has 11 heteroatoms. The third-order valence-corrected chi connectivity index (χ3v) is 7.03. The predicted molar refractivity (Wildman–Crippen MR) is 116 cm³/mol. The molecule has 1 aliphatic carbocycles. The van der Waals surface area contributed by atoms with E-state index in [2.05, 4.69) is 6.58 Å². The van der Waals surface area contributed by atoms with Crippen LogP contribution in [0.1, 0.15) is 40.5 Å². The molecule has 0 aromatic carbocycles. The molecular weight excluding hydrogens is 472 g/mol. The molecule has 0 radical (unpaired) electrons. The van der Waals surface area contributed by atoms with Gasteiger partial charge in [-0.1, -0.05) is 12.7 Å². The molecular formula is C23H29ClO10. The molecule has 10 nitrogen and oxygen atoms in total. The highest BCUT2D eigenvalue weighted by atomic mass is 35.5. The van der Waals surface area contributed by atoms with E-state index in [9.17, 15) is 24.3 Å². The van der Waals surface area contributed by atoms with Crippen molar-refractivity contribution in [3.05, 3.63) is 23.8 Å². The lowest BCUT2D eigenvalue weighted by Gasteiger charge is -2.35. The molecule has 3 aliphatic rings. The molecule has 1 N–H and O–H groups in total. The van der Waals surface area contributed by atoms with Crippen LogP contribution in [-0.4, -0.2) is 77.1 Å². The minimum Gasteiger partial charge on any atom is -0.466 e. The predicted octanol–water partition coefficient (Wildman–Crippen LogP) is 1.36. The van der Waals surface area contributed by atoms with Gasteiger partial charge in [-0.3, -0.25) is 4.79 Å². The van der Waals surface area contributed by atoms with E-state index >= 15 is 0 Å². The number of methoxy groups -OCH3 is 1. The Bertz CT molecular complexity index is 938. The zero-order valence-corrected chi connectivity index (χ0v) is 20.4. The second-order valence-corrected chi connectivity index (χ2v) is 9.78. The average molecular weight is 501 g/mol. The van der Waals surface area contributed by atoms with Crippen LogP contribution in [0, 0.1) is 5.92 Å². The van der Waals surface area contributed by atoms with Crippen molar-refractivity contribution in [2.75, 3.05) is 7.11 Å². The molecule has 2 aliphatic heterocycles. The van der Waals surface area contributed by atoms with Crippen molar-refractivity contribution in [3.63, 3.8) is 0 Å². The number of ether oxygens (including phenoxy) is 5. The zero-order chi connectivity index (χ0) is 25.6. The van der Waals surface area contributed by atoms with Gasteiger partial charge >= 0.3 is 23.9 Å². The number of fused-ring (bicyclic) bond motifs is 3. The van der Waals surface area contributed by atoms with Crippen molar-refractivity contribution in [3.8, 4) is 0 Å². The standard InChI is InChI=1S/C23H29ClO10/c1-10-14-16(33-21(28)23(5,29)11(2)24)15(31-12(3)25)13(20(27)30-6)8-7-9-22(4)18(34-22)17(14)32-19(10)26/h8,11,14-18,29H,1,7,9H2,2-6H3/b13-8-/t11?,14-,15+,16+,17+,18+,22-,23?/m1/s1. The van der Waals surface area contributed by atoms with Gasteiger partial charge in [0.1, 0.15) is 12.2 Å². The number of rotatable bonds is 5. The number of aliphatic hydroxyl groups is 1. The van der Waals surface area contributed by atoms with E-state index in [4.69, 9.17) is 35.3 Å². The first-order chi connectivity index (χ1) is 15.7. The molecule has 2 unspecified atom stereocenters. The Morgan fingerprint density at radius 1 is 1.35 bits per heavy atom. The number of esters is 4. The van der Waals surface area contributed by atoms with Crippen LogP contribution in [-0.2, 0) is 42.9 Å². The number of hydrogen-bond donors (Lipinski definition) is 1. The summed E-state index contributed by atoms with van der Waals surface area (Å²) in [5, 5.41) is 9.54. The van der Waals surface area contributed by atoms with Gasteiger partial charge in [0.15, 0.2) is 17.8 Å². The third-order valence-electron chi connectivity index (χ3n) is 6.61. The molecule has 2 saturated heterocycles. The summed E-state index contributed by atoms with van der Waals surface area (Å²) in [4.78, 5) is 50.3. The van der Waals surface area contributed by atoms with Crippen LogP contribution in [0.5, 0.6) is 0 Å². The molecule has 0 saturated carbocycles. The van der Waals surface area contributed by atoms with Crippen LogP contribution < -0.4 is 0 Å². The zero-order valence-electron chi connectivity index (χ0n) is 19.7. The van der Waals surface area contributed by atoms with E-state index in [1.165, 1.54) is 13.0 Å². The molecule has 0 bridgehead atoms. The summed E-state index contributed by atoms with van der Waals surface area (Å²) in [5.74, 6) is -4.55. The highest BCUT2D eigenvalue weighted by Gasteiger charge is 2.65. The summed E-state index contributed by atoms with van der Waals surface area (Å²) in [6, 6.07) is 0. The fraction of sp³-hybridized carbons (Fsp3) is 0.652. The molecule has 188 valence electrons. The summed E-state index contributed by atoms with van der Waals surface area (Å²) in [6.45, 7) is 9.30. The summed E-state index contributed by atoms with van der Waals surface area (Å²) >= 11 is 5.98. The largest absolute Gasteiger partial charge is 0.466 e. The fourth-order valence-electron chi connectivity index (χ4n) is 4.28. The molecule has 2 fully saturated rings. The Morgan fingerprint density at radius 3 is 2.56 bits per heavy atom. The van der Waals surface area contributed by atoms with Crippen molar-refractivity contribution in [1.82, 2.24) is 0 Å². The quantitative estimate of drug-likeness (QED) is 0.193. The van der Waals surface area contributed by atoms with Crippen molar-refractivity contribution >= 4 is 35.5 Å². The number of alkyl halides is 1. The average Bonchev–Trinajstić information content (AvgIpc) is 3.34. The number of halogens is 1. The fourth-order valence-corrected chi connectivity index (χ4v) is 4.37. The molecule has 8 atom stereocenters. The SMILES string of the molecule is C=C1C(=O)O[C@H]2[C@H]1[C@H](OC(=O)C(C)(O)C(C)Cl)[C@@H](OC(C)=O)/C(C(=O)OC)=C/CC[C@@]1(C)O[C@@H]21. The normalized spacial score (nSPS) is 36.9. The van der Waals surface area contributed by atoms with E-state index in [0.29, 0.717) is 12.8 Å². The van der Waals surface area contributed by atoms with Gasteiger partial charge in [-0.05, 0) is 33.6 Å². The molecule has 34 heavy (non-hydrogen) atoms. The van der Waals surface area contributed by atoms with Crippen LogP contribution in [0.25, 0.3) is 0 Å². The van der Waals surface area contributed by atoms with Crippen molar-refractivity contribution < 1.29 is 48.0 Å². The highest BCUT2D eigenvalue weighted by Crippen LogP contribution is 2.50. The number of epoxide rings is 1. The lowest BCUT2D eigenvalue weighted by Crippen LogP contribution is -2.52. The van der Waals surface area contributed by atoms with E-state index < -0.39 is 70.8 Å². The Balaban J connectivity index is 2.18. The number of carbonyl (C=O) groups is 4. The number of allylic oxidation sites excluding steroid dienone is 1. The maximum absolute atomic E-state index is 13.0. The second kappa shape index (κ2) is 9.31. The monoisotopic (exact) mass is 500 g/mol. The first-order valence-corrected chi connectivity index (χ1v) is 11.3. The van der Waals surface area contributed by atoms with E-state index in [0.717, 1.165) is 21.0 Å². The maximum atomic E-state index is 13.0. The van der Waals surface area contributed by atoms with Crippen LogP contribution in [0.3, 0.4) is 0 Å². The van der Waals surface area contributed by atoms with Crippen molar-refractivity contribution in [2.45, 2.75) is 81.5 Å². The van der Waals surface area contributed by atoms with Gasteiger partial charge < -0.3 is 28.8 Å². The molecule has 0 amide bonds. The molecule has 2 heterocycles. The highest BCUT2D eigenvalue weighted by molar-refractivity contribution is 6.22. The maximum Gasteiger partial charge on any atom is 0.339 e. The first kappa shape index (κ1) is 26.2. The van der Waals surface area contributed by atoms with Gasteiger partial charge in [0.05, 0.1) is 29.6 Å². The van der Waals surface area contributed by atoms with Gasteiger partial charge in [0.2, 0.25) is 0 Å². The summed E-state index contributed by atoms with van der Waals surface area (Å²) in [7, 11) is 1.15. The Kier molecular flexibility index (Phi) is 7.17. The lowest BCUT2D eigenvalue weighted by atomic mass is 9.80. The van der Waals surface area contributed by atoms with Crippen LogP contribution in [0.4, 0.5) is 0 Å². The van der Waals surface area contributed by atoms with Gasteiger partial charge in [0.25, 0.3) is 0 Å². The van der Waals surface area contributed by atoms with Crippen molar-refractivity contribution in [1.29, 1.82) is 0 Å². The summed E-state index contributed by atoms with van der Waals surface area (Å²) in [5.41, 5.74) is -2.95. The van der Waals surface area contributed by atoms with Crippen LogP contribution in [0.2, 0.25) is 0 Å². The van der Waals surface area contributed by atoms with E-state index in [1.54, 1.807) is 0 Å². The van der Waals surface area contributed by atoms with E-state index in [-0.39, 0.29) is 11.1 Å². The minimum atomic E-state index is -2.14. The van der Waals surface area contributed by atoms with Crippen LogP contribution >= 0.6 is 11.6 Å².